The first-order chi connectivity index (χ1) is 11.0. The fourth-order valence-electron chi connectivity index (χ4n) is 3.62. The van der Waals surface area contributed by atoms with E-state index in [0.29, 0.717) is 9.92 Å². The fraction of sp³-hybridized carbons (Fsp3) is 0.647. The zero-order valence-electron chi connectivity index (χ0n) is 13.7. The number of benzene rings is 1. The van der Waals surface area contributed by atoms with E-state index in [-0.39, 0.29) is 5.25 Å². The van der Waals surface area contributed by atoms with Gasteiger partial charge in [0.15, 0.2) is 9.84 Å². The number of nitrogens with zero attached hydrogens (tertiary/aromatic N) is 2. The van der Waals surface area contributed by atoms with Crippen LogP contribution in [0.3, 0.4) is 0 Å². The fourth-order valence-corrected chi connectivity index (χ4v) is 6.02. The van der Waals surface area contributed by atoms with Crippen LogP contribution in [0.15, 0.2) is 23.1 Å². The second kappa shape index (κ2) is 6.99. The lowest BCUT2D eigenvalue weighted by Gasteiger charge is -2.35. The van der Waals surface area contributed by atoms with Gasteiger partial charge in [-0.25, -0.2) is 8.42 Å². The summed E-state index contributed by atoms with van der Waals surface area (Å²) in [5.41, 5.74) is 1.02. The lowest BCUT2D eigenvalue weighted by molar-refractivity contribution is 0.271. The first-order valence-corrected chi connectivity index (χ1v) is 10.5. The molecule has 1 aromatic carbocycles. The Labute approximate surface area is 144 Å². The molecule has 1 saturated heterocycles. The summed E-state index contributed by atoms with van der Waals surface area (Å²) in [6, 6.07) is 5.44. The third-order valence-corrected chi connectivity index (χ3v) is 7.89. The molecule has 0 radical (unpaired) electrons. The Morgan fingerprint density at radius 1 is 1.13 bits per heavy atom. The highest BCUT2D eigenvalue weighted by atomic mass is 35.5. The maximum Gasteiger partial charge on any atom is 0.182 e. The number of halogens is 1. The van der Waals surface area contributed by atoms with Crippen LogP contribution >= 0.6 is 11.6 Å². The predicted octanol–water partition coefficient (Wildman–Crippen LogP) is 3.20. The van der Waals surface area contributed by atoms with Gasteiger partial charge >= 0.3 is 0 Å². The Morgan fingerprint density at radius 2 is 1.78 bits per heavy atom. The number of hydrogen-bond acceptors (Lipinski definition) is 4. The van der Waals surface area contributed by atoms with Crippen LogP contribution < -0.4 is 4.90 Å². The molecular formula is C17H25ClN2O2S. The lowest BCUT2D eigenvalue weighted by Crippen LogP contribution is -2.46. The van der Waals surface area contributed by atoms with E-state index >= 15 is 0 Å². The molecule has 6 heteroatoms. The molecule has 1 saturated carbocycles. The SMILES string of the molecule is CCN1CCN(c2ccc(S(=O)(=O)C3CCCC3)c(Cl)c2)CC1. The van der Waals surface area contributed by atoms with Crippen LogP contribution in [0.5, 0.6) is 0 Å². The zero-order valence-corrected chi connectivity index (χ0v) is 15.2. The molecule has 0 spiro atoms. The summed E-state index contributed by atoms with van der Waals surface area (Å²) in [7, 11) is -3.29. The molecule has 128 valence electrons. The van der Waals surface area contributed by atoms with Crippen LogP contribution in [0, 0.1) is 0 Å². The number of hydrogen-bond donors (Lipinski definition) is 0. The number of sulfone groups is 1. The molecule has 2 aliphatic rings. The largest absolute Gasteiger partial charge is 0.369 e. The Kier molecular flexibility index (Phi) is 5.19. The van der Waals surface area contributed by atoms with Crippen LogP contribution in [0.4, 0.5) is 5.69 Å². The molecule has 0 N–H and O–H groups in total. The minimum Gasteiger partial charge on any atom is -0.369 e. The summed E-state index contributed by atoms with van der Waals surface area (Å²) < 4.78 is 25.4. The molecule has 23 heavy (non-hydrogen) atoms. The monoisotopic (exact) mass is 356 g/mol. The normalized spacial score (nSPS) is 21.0. The van der Waals surface area contributed by atoms with Crippen molar-refractivity contribution in [1.29, 1.82) is 0 Å². The average Bonchev–Trinajstić information content (AvgIpc) is 3.10. The van der Waals surface area contributed by atoms with Crippen molar-refractivity contribution < 1.29 is 8.42 Å². The molecule has 4 nitrogen and oxygen atoms in total. The van der Waals surface area contributed by atoms with E-state index in [2.05, 4.69) is 16.7 Å². The molecule has 1 heterocycles. The van der Waals surface area contributed by atoms with E-state index < -0.39 is 9.84 Å². The zero-order chi connectivity index (χ0) is 16.4. The van der Waals surface area contributed by atoms with Crippen LogP contribution in [0.1, 0.15) is 32.6 Å². The van der Waals surface area contributed by atoms with Gasteiger partial charge in [-0.05, 0) is 37.6 Å². The van der Waals surface area contributed by atoms with Crippen LogP contribution in [-0.2, 0) is 9.84 Å². The smallest absolute Gasteiger partial charge is 0.182 e. The van der Waals surface area contributed by atoms with E-state index in [1.807, 2.05) is 12.1 Å². The standard InChI is InChI=1S/C17H25ClN2O2S/c1-2-19-9-11-20(12-10-19)14-7-8-17(16(18)13-14)23(21,22)15-5-3-4-6-15/h7-8,13,15H,2-6,9-12H2,1H3. The maximum absolute atomic E-state index is 12.7. The highest BCUT2D eigenvalue weighted by molar-refractivity contribution is 7.92. The van der Waals surface area contributed by atoms with Crippen molar-refractivity contribution in [2.45, 2.75) is 42.8 Å². The summed E-state index contributed by atoms with van der Waals surface area (Å²) >= 11 is 6.35. The van der Waals surface area contributed by atoms with Gasteiger partial charge in [0.25, 0.3) is 0 Å². The molecule has 0 unspecified atom stereocenters. The number of rotatable bonds is 4. The minimum absolute atomic E-state index is 0.251. The number of likely N-dealkylation sites (N-methyl/N-ethyl adjacent to an activating group) is 1. The minimum atomic E-state index is -3.29. The molecule has 3 rings (SSSR count). The van der Waals surface area contributed by atoms with Crippen molar-refractivity contribution in [1.82, 2.24) is 4.90 Å². The molecule has 0 amide bonds. The van der Waals surface area contributed by atoms with Crippen molar-refractivity contribution in [3.63, 3.8) is 0 Å². The van der Waals surface area contributed by atoms with Gasteiger partial charge < -0.3 is 9.80 Å². The van der Waals surface area contributed by atoms with E-state index in [4.69, 9.17) is 11.6 Å². The molecular weight excluding hydrogens is 332 g/mol. The van der Waals surface area contributed by atoms with Gasteiger partial charge in [-0.3, -0.25) is 0 Å². The average molecular weight is 357 g/mol. The molecule has 0 aromatic heterocycles. The van der Waals surface area contributed by atoms with E-state index in [1.165, 1.54) is 0 Å². The summed E-state index contributed by atoms with van der Waals surface area (Å²) in [5, 5.41) is 0.117. The second-order valence-corrected chi connectivity index (χ2v) is 9.09. The quantitative estimate of drug-likeness (QED) is 0.830. The third kappa shape index (κ3) is 3.52. The van der Waals surface area contributed by atoms with Gasteiger partial charge in [0.2, 0.25) is 0 Å². The van der Waals surface area contributed by atoms with Gasteiger partial charge in [0.1, 0.15) is 0 Å². The third-order valence-electron chi connectivity index (χ3n) is 5.15. The number of anilines is 1. The maximum atomic E-state index is 12.7. The van der Waals surface area contributed by atoms with Crippen LogP contribution in [0.2, 0.25) is 5.02 Å². The van der Waals surface area contributed by atoms with E-state index in [1.54, 1.807) is 6.07 Å². The summed E-state index contributed by atoms with van der Waals surface area (Å²) in [6.45, 7) is 7.24. The second-order valence-electron chi connectivity index (χ2n) is 6.49. The molecule has 1 aromatic rings. The van der Waals surface area contributed by atoms with Gasteiger partial charge in [0.05, 0.1) is 15.2 Å². The first kappa shape index (κ1) is 17.1. The lowest BCUT2D eigenvalue weighted by atomic mass is 10.2. The summed E-state index contributed by atoms with van der Waals surface area (Å²) in [4.78, 5) is 5.00. The van der Waals surface area contributed by atoms with Crippen molar-refractivity contribution in [2.24, 2.45) is 0 Å². The van der Waals surface area contributed by atoms with Gasteiger partial charge in [-0.2, -0.15) is 0 Å². The van der Waals surface area contributed by atoms with Crippen molar-refractivity contribution >= 4 is 27.1 Å². The van der Waals surface area contributed by atoms with Gasteiger partial charge in [-0.15, -0.1) is 0 Å². The summed E-state index contributed by atoms with van der Waals surface area (Å²) in [5.74, 6) is 0. The highest BCUT2D eigenvalue weighted by Gasteiger charge is 2.32. The Balaban J connectivity index is 1.78. The van der Waals surface area contributed by atoms with Crippen LogP contribution in [-0.4, -0.2) is 51.3 Å². The topological polar surface area (TPSA) is 40.6 Å². The van der Waals surface area contributed by atoms with Crippen molar-refractivity contribution in [3.8, 4) is 0 Å². The number of piperazine rings is 1. The molecule has 0 bridgehead atoms. The molecule has 1 aliphatic heterocycles. The highest BCUT2D eigenvalue weighted by Crippen LogP contribution is 2.34. The Hall–Kier alpha value is -0.780. The first-order valence-electron chi connectivity index (χ1n) is 8.53. The molecule has 0 atom stereocenters. The predicted molar refractivity (Wildman–Crippen MR) is 95.2 cm³/mol. The van der Waals surface area contributed by atoms with Crippen molar-refractivity contribution in [2.75, 3.05) is 37.6 Å². The van der Waals surface area contributed by atoms with E-state index in [0.717, 1.165) is 64.1 Å². The molecule has 2 fully saturated rings. The van der Waals surface area contributed by atoms with Gasteiger partial charge in [-0.1, -0.05) is 31.4 Å². The summed E-state index contributed by atoms with van der Waals surface area (Å²) in [6.07, 6.45) is 3.53. The van der Waals surface area contributed by atoms with Crippen molar-refractivity contribution in [3.05, 3.63) is 23.2 Å². The van der Waals surface area contributed by atoms with E-state index in [9.17, 15) is 8.42 Å². The molecule has 1 aliphatic carbocycles. The van der Waals surface area contributed by atoms with Gasteiger partial charge in [0, 0.05) is 31.9 Å². The Morgan fingerprint density at radius 3 is 2.35 bits per heavy atom. The Bertz CT molecular complexity index is 649. The van der Waals surface area contributed by atoms with Crippen LogP contribution in [0.25, 0.3) is 0 Å².